The Kier molecular flexibility index (Phi) is 4.82. The zero-order chi connectivity index (χ0) is 24.2. The number of aromatic nitrogens is 1. The van der Waals surface area contributed by atoms with Gasteiger partial charge in [0.2, 0.25) is 5.54 Å². The first kappa shape index (κ1) is 21.5. The molecule has 8 heteroatoms. The van der Waals surface area contributed by atoms with Crippen LogP contribution >= 0.6 is 0 Å². The molecule has 1 atom stereocenters. The van der Waals surface area contributed by atoms with E-state index in [4.69, 9.17) is 4.74 Å². The second kappa shape index (κ2) is 7.62. The second-order valence-electron chi connectivity index (χ2n) is 8.47. The maximum Gasteiger partial charge on any atom is 0.340 e. The number of H-pyrrole nitrogens is 1. The minimum absolute atomic E-state index is 0.0675. The first-order valence-electron chi connectivity index (χ1n) is 10.8. The van der Waals surface area contributed by atoms with E-state index in [1.807, 2.05) is 24.3 Å². The first-order chi connectivity index (χ1) is 16.3. The number of hydrogen-bond acceptors (Lipinski definition) is 6. The number of phenolic OH excluding ortho intramolecular Hbond substituents is 1. The van der Waals surface area contributed by atoms with Crippen LogP contribution in [0.1, 0.15) is 27.2 Å². The lowest BCUT2D eigenvalue weighted by molar-refractivity contribution is -0.153. The number of para-hydroxylation sites is 1. The van der Waals surface area contributed by atoms with Gasteiger partial charge >= 0.3 is 11.9 Å². The quantitative estimate of drug-likeness (QED) is 0.406. The summed E-state index contributed by atoms with van der Waals surface area (Å²) in [6.07, 6.45) is 3.23. The van der Waals surface area contributed by atoms with Crippen molar-refractivity contribution in [2.75, 3.05) is 13.7 Å². The van der Waals surface area contributed by atoms with Crippen molar-refractivity contribution in [2.45, 2.75) is 18.9 Å². The topological polar surface area (TPSA) is 120 Å². The van der Waals surface area contributed by atoms with E-state index < -0.39 is 23.3 Å². The molecule has 0 saturated carbocycles. The largest absolute Gasteiger partial charge is 0.507 e. The van der Waals surface area contributed by atoms with E-state index >= 15 is 0 Å². The molecule has 0 aliphatic carbocycles. The van der Waals surface area contributed by atoms with Gasteiger partial charge in [-0.05, 0) is 43.2 Å². The molecule has 0 amide bonds. The third kappa shape index (κ3) is 2.88. The van der Waals surface area contributed by atoms with Crippen LogP contribution in [0.3, 0.4) is 0 Å². The summed E-state index contributed by atoms with van der Waals surface area (Å²) < 4.78 is 4.98. The number of Topliss-reactive ketones (excluding diaryl/α,β-unsaturated/α-hetero) is 1. The molecule has 0 radical (unpaired) electrons. The predicted octanol–water partition coefficient (Wildman–Crippen LogP) is 3.20. The number of nitrogens with one attached hydrogen (secondary N) is 1. The van der Waals surface area contributed by atoms with Gasteiger partial charge in [-0.25, -0.2) is 9.59 Å². The number of fused-ring (bicyclic) bond motifs is 5. The van der Waals surface area contributed by atoms with Gasteiger partial charge in [-0.15, -0.1) is 0 Å². The molecule has 1 aromatic heterocycles. The second-order valence-corrected chi connectivity index (χ2v) is 8.47. The van der Waals surface area contributed by atoms with Crippen molar-refractivity contribution in [3.05, 3.63) is 88.3 Å². The molecule has 0 spiro atoms. The summed E-state index contributed by atoms with van der Waals surface area (Å²) in [5, 5.41) is 21.7. The smallest absolute Gasteiger partial charge is 0.340 e. The number of aromatic hydroxyl groups is 1. The van der Waals surface area contributed by atoms with Crippen LogP contribution in [0.15, 0.2) is 65.9 Å². The maximum absolute atomic E-state index is 13.4. The molecule has 0 saturated heterocycles. The molecule has 8 nitrogen and oxygen atoms in total. The number of esters is 1. The lowest BCUT2D eigenvalue weighted by atomic mass is 9.75. The molecule has 34 heavy (non-hydrogen) atoms. The number of carbonyl (C=O) groups excluding carboxylic acids is 2. The van der Waals surface area contributed by atoms with Crippen molar-refractivity contribution in [2.24, 2.45) is 0 Å². The van der Waals surface area contributed by atoms with Gasteiger partial charge in [0.05, 0.1) is 23.9 Å². The Morgan fingerprint density at radius 1 is 1.15 bits per heavy atom. The summed E-state index contributed by atoms with van der Waals surface area (Å²) in [5.41, 5.74) is 0.778. The van der Waals surface area contributed by atoms with Crippen molar-refractivity contribution >= 4 is 28.6 Å². The van der Waals surface area contributed by atoms with E-state index in [1.165, 1.54) is 30.4 Å². The van der Waals surface area contributed by atoms with Gasteiger partial charge in [0.25, 0.3) is 0 Å². The molecule has 1 unspecified atom stereocenters. The van der Waals surface area contributed by atoms with Crippen LogP contribution < -0.4 is 0 Å². The van der Waals surface area contributed by atoms with Crippen LogP contribution in [0.5, 0.6) is 5.75 Å². The van der Waals surface area contributed by atoms with Crippen LogP contribution in [0.2, 0.25) is 0 Å². The Hall–Kier alpha value is -4.33. The lowest BCUT2D eigenvalue weighted by Gasteiger charge is -2.46. The Morgan fingerprint density at radius 2 is 1.91 bits per heavy atom. The van der Waals surface area contributed by atoms with Gasteiger partial charge in [-0.1, -0.05) is 29.8 Å². The number of allylic oxidation sites excluding steroid dienone is 2. The third-order valence-electron chi connectivity index (χ3n) is 6.57. The van der Waals surface area contributed by atoms with E-state index in [0.29, 0.717) is 12.1 Å². The van der Waals surface area contributed by atoms with Crippen LogP contribution in [-0.2, 0) is 26.3 Å². The lowest BCUT2D eigenvalue weighted by Crippen LogP contribution is -2.57. The molecule has 172 valence electrons. The number of ketones is 1. The van der Waals surface area contributed by atoms with Crippen molar-refractivity contribution in [3.8, 4) is 5.75 Å². The number of nitrogens with zero attached hydrogens (tertiary/aromatic N) is 1. The number of ether oxygens (including phenoxy) is 1. The van der Waals surface area contributed by atoms with Crippen LogP contribution in [0.25, 0.3) is 10.9 Å². The van der Waals surface area contributed by atoms with E-state index in [9.17, 15) is 24.6 Å². The molecule has 0 bridgehead atoms. The number of carbonyl (C=O) groups is 3. The Balaban J connectivity index is 1.75. The standard InChI is InChI=1S/C26H22N2O6/c1-14-7-8-21(29)18(11-14)22(30)15-12-19(24(31)34-2)26(25(32)33)23-17(9-10-28(26)13-15)16-5-3-4-6-20(16)27-23/h3-8,11-13,27,29H,9-10H2,1-2H3,(H,32,33). The first-order valence-corrected chi connectivity index (χ1v) is 10.8. The molecule has 2 aliphatic heterocycles. The molecule has 3 heterocycles. The number of rotatable bonds is 4. The highest BCUT2D eigenvalue weighted by Crippen LogP contribution is 2.47. The average Bonchev–Trinajstić information content (AvgIpc) is 3.22. The molecule has 2 aliphatic rings. The molecule has 3 aromatic rings. The van der Waals surface area contributed by atoms with Gasteiger partial charge in [0, 0.05) is 29.2 Å². The van der Waals surface area contributed by atoms with Crippen LogP contribution in [-0.4, -0.2) is 51.5 Å². The Morgan fingerprint density at radius 3 is 2.65 bits per heavy atom. The SMILES string of the molecule is COC(=O)C1=CC(C(=O)c2cc(C)ccc2O)=CN2CCc3c([nH]c4ccccc34)C12C(=O)O. The van der Waals surface area contributed by atoms with Gasteiger partial charge in [0.15, 0.2) is 5.78 Å². The minimum Gasteiger partial charge on any atom is -0.507 e. The summed E-state index contributed by atoms with van der Waals surface area (Å²) in [5.74, 6) is -2.84. The van der Waals surface area contributed by atoms with Gasteiger partial charge < -0.3 is 24.8 Å². The maximum atomic E-state index is 13.4. The number of aromatic amines is 1. The zero-order valence-electron chi connectivity index (χ0n) is 18.6. The highest BCUT2D eigenvalue weighted by atomic mass is 16.5. The van der Waals surface area contributed by atoms with Gasteiger partial charge in [-0.2, -0.15) is 0 Å². The van der Waals surface area contributed by atoms with Crippen molar-refractivity contribution in [3.63, 3.8) is 0 Å². The summed E-state index contributed by atoms with van der Waals surface area (Å²) in [6.45, 7) is 2.05. The summed E-state index contributed by atoms with van der Waals surface area (Å²) in [7, 11) is 1.17. The predicted molar refractivity (Wildman–Crippen MR) is 123 cm³/mol. The molecule has 5 rings (SSSR count). The van der Waals surface area contributed by atoms with E-state index in [0.717, 1.165) is 22.0 Å². The normalized spacial score (nSPS) is 19.1. The number of aryl methyl sites for hydroxylation is 1. The van der Waals surface area contributed by atoms with Crippen molar-refractivity contribution in [1.29, 1.82) is 0 Å². The monoisotopic (exact) mass is 458 g/mol. The average molecular weight is 458 g/mol. The minimum atomic E-state index is -1.89. The fourth-order valence-corrected chi connectivity index (χ4v) is 5.00. The molecular weight excluding hydrogens is 436 g/mol. The van der Waals surface area contributed by atoms with E-state index in [-0.39, 0.29) is 29.0 Å². The van der Waals surface area contributed by atoms with Crippen molar-refractivity contribution < 1.29 is 29.3 Å². The molecule has 2 aromatic carbocycles. The number of methoxy groups -OCH3 is 1. The number of benzene rings is 2. The summed E-state index contributed by atoms with van der Waals surface area (Å²) in [4.78, 5) is 44.0. The van der Waals surface area contributed by atoms with E-state index in [1.54, 1.807) is 19.1 Å². The zero-order valence-corrected chi connectivity index (χ0v) is 18.6. The van der Waals surface area contributed by atoms with Gasteiger partial charge in [-0.3, -0.25) is 4.79 Å². The number of aliphatic carboxylic acids is 1. The fraction of sp³-hybridized carbons (Fsp3) is 0.192. The molecule has 3 N–H and O–H groups in total. The highest BCUT2D eigenvalue weighted by molar-refractivity contribution is 6.14. The summed E-state index contributed by atoms with van der Waals surface area (Å²) in [6, 6.07) is 12.1. The summed E-state index contributed by atoms with van der Waals surface area (Å²) >= 11 is 0. The number of carboxylic acid groups (broad SMARTS) is 1. The number of carboxylic acids is 1. The number of hydrogen-bond donors (Lipinski definition) is 3. The molecular formula is C26H22N2O6. The van der Waals surface area contributed by atoms with Crippen molar-refractivity contribution in [1.82, 2.24) is 9.88 Å². The molecule has 0 fully saturated rings. The van der Waals surface area contributed by atoms with E-state index in [2.05, 4.69) is 4.98 Å². The highest BCUT2D eigenvalue weighted by Gasteiger charge is 2.57. The Labute approximate surface area is 194 Å². The van der Waals surface area contributed by atoms with Crippen LogP contribution in [0, 0.1) is 6.92 Å². The van der Waals surface area contributed by atoms with Gasteiger partial charge in [0.1, 0.15) is 5.75 Å². The fourth-order valence-electron chi connectivity index (χ4n) is 5.00. The number of phenols is 1. The van der Waals surface area contributed by atoms with Crippen LogP contribution in [0.4, 0.5) is 0 Å². The Bertz CT molecular complexity index is 1450. The third-order valence-corrected chi connectivity index (χ3v) is 6.57.